The maximum atomic E-state index is 13.7. The summed E-state index contributed by atoms with van der Waals surface area (Å²) < 4.78 is 19.4. The predicted octanol–water partition coefficient (Wildman–Crippen LogP) is 2.69. The van der Waals surface area contributed by atoms with Gasteiger partial charge in [0.2, 0.25) is 17.6 Å². The second kappa shape index (κ2) is 9.39. The van der Waals surface area contributed by atoms with Crippen LogP contribution < -0.4 is 4.90 Å². The van der Waals surface area contributed by atoms with Gasteiger partial charge in [-0.3, -0.25) is 24.7 Å². The molecule has 2 fully saturated rings. The number of anilines is 1. The van der Waals surface area contributed by atoms with E-state index in [1.807, 2.05) is 6.07 Å². The number of amides is 2. The lowest BCUT2D eigenvalue weighted by Crippen LogP contribution is -2.41. The van der Waals surface area contributed by atoms with E-state index in [0.29, 0.717) is 19.7 Å². The Labute approximate surface area is 183 Å². The molecule has 10 heteroatoms. The van der Waals surface area contributed by atoms with E-state index in [2.05, 4.69) is 4.98 Å². The van der Waals surface area contributed by atoms with Gasteiger partial charge in [-0.1, -0.05) is 6.07 Å². The van der Waals surface area contributed by atoms with Crippen molar-refractivity contribution in [1.29, 1.82) is 0 Å². The van der Waals surface area contributed by atoms with Crippen LogP contribution in [0.3, 0.4) is 0 Å². The van der Waals surface area contributed by atoms with Crippen LogP contribution in [0.5, 0.6) is 0 Å². The molecule has 2 saturated heterocycles. The molecule has 2 aliphatic heterocycles. The summed E-state index contributed by atoms with van der Waals surface area (Å²) in [6.45, 7) is 1.51. The fourth-order valence-corrected chi connectivity index (χ4v) is 4.17. The Hall–Kier alpha value is -3.40. The monoisotopic (exact) mass is 442 g/mol. The van der Waals surface area contributed by atoms with Crippen molar-refractivity contribution in [2.24, 2.45) is 5.92 Å². The molecular formula is C22H23FN4O5. The zero-order valence-electron chi connectivity index (χ0n) is 17.4. The third-order valence-corrected chi connectivity index (χ3v) is 5.77. The number of rotatable bonds is 7. The summed E-state index contributed by atoms with van der Waals surface area (Å²) in [5, 5.41) is 11.1. The summed E-state index contributed by atoms with van der Waals surface area (Å²) in [7, 11) is 0. The zero-order chi connectivity index (χ0) is 22.7. The smallest absolute Gasteiger partial charge is 0.306 e. The molecule has 2 atom stereocenters. The van der Waals surface area contributed by atoms with Crippen molar-refractivity contribution in [1.82, 2.24) is 9.88 Å². The second-order valence-electron chi connectivity index (χ2n) is 8.01. The number of halogens is 1. The molecule has 4 rings (SSSR count). The summed E-state index contributed by atoms with van der Waals surface area (Å²) >= 11 is 0. The number of carbonyl (C=O) groups is 2. The van der Waals surface area contributed by atoms with Crippen LogP contribution in [-0.4, -0.2) is 52.4 Å². The van der Waals surface area contributed by atoms with Gasteiger partial charge >= 0.3 is 5.69 Å². The molecule has 3 heterocycles. The molecular weight excluding hydrogens is 419 g/mol. The molecule has 2 aromatic rings. The third kappa shape index (κ3) is 4.75. The van der Waals surface area contributed by atoms with E-state index in [1.165, 1.54) is 11.0 Å². The van der Waals surface area contributed by atoms with E-state index >= 15 is 0 Å². The summed E-state index contributed by atoms with van der Waals surface area (Å²) in [5.41, 5.74) is 0.368. The highest BCUT2D eigenvalue weighted by atomic mass is 19.1. The number of ether oxygens (including phenoxy) is 1. The van der Waals surface area contributed by atoms with Crippen molar-refractivity contribution in [2.75, 3.05) is 24.6 Å². The van der Waals surface area contributed by atoms with Crippen LogP contribution in [0.1, 0.15) is 24.8 Å². The van der Waals surface area contributed by atoms with Crippen molar-refractivity contribution in [2.45, 2.75) is 31.9 Å². The molecule has 9 nitrogen and oxygen atoms in total. The number of nitrogens with zero attached hydrogens (tertiary/aromatic N) is 4. The highest BCUT2D eigenvalue weighted by Gasteiger charge is 2.38. The van der Waals surface area contributed by atoms with Crippen LogP contribution in [0.25, 0.3) is 0 Å². The molecule has 0 aliphatic carbocycles. The maximum Gasteiger partial charge on any atom is 0.306 e. The number of nitro benzene ring substituents is 1. The number of carbonyl (C=O) groups excluding carboxylic acids is 2. The lowest BCUT2D eigenvalue weighted by atomic mass is 10.1. The topological polar surface area (TPSA) is 106 Å². The quantitative estimate of drug-likeness (QED) is 0.482. The molecule has 2 aliphatic rings. The van der Waals surface area contributed by atoms with Gasteiger partial charge in [0.05, 0.1) is 22.6 Å². The normalized spacial score (nSPS) is 20.5. The third-order valence-electron chi connectivity index (χ3n) is 5.77. The molecule has 2 unspecified atom stereocenters. The first kappa shape index (κ1) is 21.8. The highest BCUT2D eigenvalue weighted by Crippen LogP contribution is 2.31. The molecule has 0 radical (unpaired) electrons. The van der Waals surface area contributed by atoms with E-state index in [0.717, 1.165) is 30.5 Å². The number of hydrogen-bond donors (Lipinski definition) is 0. The number of nitro groups is 1. The van der Waals surface area contributed by atoms with Crippen LogP contribution in [0.2, 0.25) is 0 Å². The summed E-state index contributed by atoms with van der Waals surface area (Å²) in [4.78, 5) is 43.4. The predicted molar refractivity (Wildman–Crippen MR) is 112 cm³/mol. The van der Waals surface area contributed by atoms with Crippen LogP contribution in [0.4, 0.5) is 15.8 Å². The fraction of sp³-hybridized carbons (Fsp3) is 0.409. The summed E-state index contributed by atoms with van der Waals surface area (Å²) in [6.07, 6.45) is 5.09. The van der Waals surface area contributed by atoms with E-state index in [1.54, 1.807) is 23.4 Å². The van der Waals surface area contributed by atoms with Crippen molar-refractivity contribution >= 4 is 23.2 Å². The number of aromatic nitrogens is 1. The Morgan fingerprint density at radius 3 is 2.91 bits per heavy atom. The van der Waals surface area contributed by atoms with Crippen molar-refractivity contribution in [3.8, 4) is 0 Å². The van der Waals surface area contributed by atoms with Gasteiger partial charge < -0.3 is 14.5 Å². The van der Waals surface area contributed by atoms with Crippen molar-refractivity contribution in [3.63, 3.8) is 0 Å². The largest absolute Gasteiger partial charge is 0.376 e. The van der Waals surface area contributed by atoms with Gasteiger partial charge in [0.15, 0.2) is 0 Å². The van der Waals surface area contributed by atoms with Crippen LogP contribution in [0, 0.1) is 21.8 Å². The molecule has 1 aromatic carbocycles. The van der Waals surface area contributed by atoms with Crippen molar-refractivity contribution in [3.05, 3.63) is 64.2 Å². The minimum Gasteiger partial charge on any atom is -0.376 e. The van der Waals surface area contributed by atoms with Gasteiger partial charge in [0.1, 0.15) is 0 Å². The Bertz CT molecular complexity index is 1010. The Balaban J connectivity index is 1.52. The molecule has 1 aromatic heterocycles. The van der Waals surface area contributed by atoms with Crippen LogP contribution in [0.15, 0.2) is 42.7 Å². The molecule has 2 amide bonds. The molecule has 0 bridgehead atoms. The van der Waals surface area contributed by atoms with E-state index in [-0.39, 0.29) is 36.6 Å². The van der Waals surface area contributed by atoms with Gasteiger partial charge in [0.25, 0.3) is 0 Å². The van der Waals surface area contributed by atoms with Crippen LogP contribution in [-0.2, 0) is 20.9 Å². The molecule has 168 valence electrons. The van der Waals surface area contributed by atoms with E-state index in [9.17, 15) is 24.1 Å². The standard InChI is InChI=1S/C22H23FN4O5/c23-19-6-5-17(10-20(19)27(30)31)26-13-16(9-21(26)28)22(29)25(14-18-4-2-8-32-18)12-15-3-1-7-24-11-15/h1,3,5-7,10-11,16,18H,2,4,8-9,12-14H2. The maximum absolute atomic E-state index is 13.7. The summed E-state index contributed by atoms with van der Waals surface area (Å²) in [5.74, 6) is -2.10. The van der Waals surface area contributed by atoms with Gasteiger partial charge in [-0.2, -0.15) is 4.39 Å². The van der Waals surface area contributed by atoms with Gasteiger partial charge in [-0.15, -0.1) is 0 Å². The Morgan fingerprint density at radius 2 is 2.22 bits per heavy atom. The second-order valence-corrected chi connectivity index (χ2v) is 8.01. The molecule has 32 heavy (non-hydrogen) atoms. The SMILES string of the molecule is O=C(C1CC(=O)N(c2ccc(F)c([N+](=O)[O-])c2)C1)N(Cc1cccnc1)CC1CCCO1. The number of hydrogen-bond acceptors (Lipinski definition) is 6. The van der Waals surface area contributed by atoms with E-state index < -0.39 is 22.3 Å². The highest BCUT2D eigenvalue weighted by molar-refractivity contribution is 6.00. The van der Waals surface area contributed by atoms with Crippen LogP contribution >= 0.6 is 0 Å². The number of pyridine rings is 1. The van der Waals surface area contributed by atoms with Gasteiger partial charge in [0, 0.05) is 51.1 Å². The minimum absolute atomic E-state index is 0.0148. The lowest BCUT2D eigenvalue weighted by molar-refractivity contribution is -0.387. The van der Waals surface area contributed by atoms with E-state index in [4.69, 9.17) is 4.74 Å². The fourth-order valence-electron chi connectivity index (χ4n) is 4.17. The summed E-state index contributed by atoms with van der Waals surface area (Å²) in [6, 6.07) is 6.98. The van der Waals surface area contributed by atoms with Crippen molar-refractivity contribution < 1.29 is 23.6 Å². The Kier molecular flexibility index (Phi) is 6.40. The lowest BCUT2D eigenvalue weighted by Gasteiger charge is -2.28. The minimum atomic E-state index is -0.975. The van der Waals surface area contributed by atoms with Gasteiger partial charge in [-0.25, -0.2) is 0 Å². The number of benzene rings is 1. The van der Waals surface area contributed by atoms with Gasteiger partial charge in [-0.05, 0) is 36.6 Å². The molecule has 0 N–H and O–H groups in total. The molecule has 0 spiro atoms. The molecule has 0 saturated carbocycles. The average Bonchev–Trinajstić information content (AvgIpc) is 3.43. The first-order valence-electron chi connectivity index (χ1n) is 10.5. The zero-order valence-corrected chi connectivity index (χ0v) is 17.4. The average molecular weight is 442 g/mol. The first-order valence-corrected chi connectivity index (χ1v) is 10.5. The first-order chi connectivity index (χ1) is 15.4. The Morgan fingerprint density at radius 1 is 1.38 bits per heavy atom.